The monoisotopic (exact) mass is 503 g/mol. The lowest BCUT2D eigenvalue weighted by Crippen LogP contribution is -2.29. The molecule has 2 aromatic rings. The number of thiazole rings is 1. The molecule has 188 valence electrons. The van der Waals surface area contributed by atoms with Crippen LogP contribution in [0.3, 0.4) is 0 Å². The molecule has 1 atom stereocenters. The van der Waals surface area contributed by atoms with E-state index in [1.165, 1.54) is 11.3 Å². The number of amides is 3. The summed E-state index contributed by atoms with van der Waals surface area (Å²) in [6.07, 6.45) is 0.694. The minimum atomic E-state index is -0.406. The third-order valence-electron chi connectivity index (χ3n) is 5.86. The zero-order valence-electron chi connectivity index (χ0n) is 19.7. The Morgan fingerprint density at radius 1 is 1.26 bits per heavy atom. The molecule has 0 bridgehead atoms. The number of carbonyl (C=O) groups is 3. The quantitative estimate of drug-likeness (QED) is 0.472. The van der Waals surface area contributed by atoms with Gasteiger partial charge >= 0.3 is 6.09 Å². The first-order valence-electron chi connectivity index (χ1n) is 11.3. The van der Waals surface area contributed by atoms with Gasteiger partial charge in [0.25, 0.3) is 11.8 Å². The second-order valence-electron chi connectivity index (χ2n) is 8.23. The van der Waals surface area contributed by atoms with Gasteiger partial charge in [0, 0.05) is 45.8 Å². The van der Waals surface area contributed by atoms with Crippen molar-refractivity contribution in [2.75, 3.05) is 63.8 Å². The standard InChI is InChI=1S/C23H29N5O6S/c1-32-9-6-24-20(29)17-11-15(12-28-8-10-34-23(28)31)3-4-18(17)25-21(30)19-14-35-22(26-19)27-7-5-16(13-27)33-2/h3-4,11,14,16H,5-10,12-13H2,1-2H3,(H,24,29)(H,25,30)/t16-/m0/s1. The molecule has 2 saturated heterocycles. The first-order chi connectivity index (χ1) is 17.0. The van der Waals surface area contributed by atoms with Crippen LogP contribution >= 0.6 is 11.3 Å². The van der Waals surface area contributed by atoms with Gasteiger partial charge in [-0.1, -0.05) is 6.07 Å². The first-order valence-corrected chi connectivity index (χ1v) is 12.2. The Hall–Kier alpha value is -3.22. The van der Waals surface area contributed by atoms with Crippen LogP contribution < -0.4 is 15.5 Å². The first kappa shape index (κ1) is 24.9. The summed E-state index contributed by atoms with van der Waals surface area (Å²) in [7, 11) is 3.24. The summed E-state index contributed by atoms with van der Waals surface area (Å²) < 4.78 is 15.4. The normalized spacial score (nSPS) is 17.5. The lowest BCUT2D eigenvalue weighted by molar-refractivity contribution is 0.0937. The molecule has 2 aliphatic heterocycles. The molecule has 1 aromatic heterocycles. The van der Waals surface area contributed by atoms with Crippen molar-refractivity contribution in [1.29, 1.82) is 0 Å². The second kappa shape index (κ2) is 11.5. The molecule has 35 heavy (non-hydrogen) atoms. The maximum atomic E-state index is 13.0. The number of aromatic nitrogens is 1. The minimum absolute atomic E-state index is 0.163. The van der Waals surface area contributed by atoms with E-state index in [0.29, 0.717) is 38.5 Å². The van der Waals surface area contributed by atoms with E-state index in [-0.39, 0.29) is 29.4 Å². The lowest BCUT2D eigenvalue weighted by Gasteiger charge is -2.16. The summed E-state index contributed by atoms with van der Waals surface area (Å²) in [6.45, 7) is 3.37. The number of rotatable bonds is 10. The molecule has 2 N–H and O–H groups in total. The maximum Gasteiger partial charge on any atom is 0.410 e. The summed E-state index contributed by atoms with van der Waals surface area (Å²) >= 11 is 1.40. The van der Waals surface area contributed by atoms with Crippen LogP contribution in [-0.2, 0) is 20.8 Å². The zero-order chi connectivity index (χ0) is 24.8. The fourth-order valence-electron chi connectivity index (χ4n) is 3.93. The average Bonchev–Trinajstić information content (AvgIpc) is 3.61. The summed E-state index contributed by atoms with van der Waals surface area (Å²) in [5.74, 6) is -0.762. The number of carbonyl (C=O) groups excluding carboxylic acids is 3. The Morgan fingerprint density at radius 2 is 2.11 bits per heavy atom. The average molecular weight is 504 g/mol. The van der Waals surface area contributed by atoms with E-state index in [2.05, 4.69) is 20.5 Å². The largest absolute Gasteiger partial charge is 0.448 e. The lowest BCUT2D eigenvalue weighted by atomic mass is 10.1. The van der Waals surface area contributed by atoms with Crippen LogP contribution in [0.15, 0.2) is 23.6 Å². The number of ether oxygens (including phenoxy) is 3. The highest BCUT2D eigenvalue weighted by atomic mass is 32.1. The van der Waals surface area contributed by atoms with Gasteiger partial charge in [-0.15, -0.1) is 11.3 Å². The van der Waals surface area contributed by atoms with Gasteiger partial charge in [0.15, 0.2) is 5.13 Å². The molecule has 2 aliphatic rings. The summed E-state index contributed by atoms with van der Waals surface area (Å²) in [4.78, 5) is 45.8. The van der Waals surface area contributed by atoms with Crippen LogP contribution in [0.5, 0.6) is 0 Å². The highest BCUT2D eigenvalue weighted by Gasteiger charge is 2.26. The van der Waals surface area contributed by atoms with Crippen molar-refractivity contribution < 1.29 is 28.6 Å². The van der Waals surface area contributed by atoms with E-state index in [0.717, 1.165) is 30.2 Å². The van der Waals surface area contributed by atoms with Gasteiger partial charge in [0.2, 0.25) is 0 Å². The van der Waals surface area contributed by atoms with Gasteiger partial charge < -0.3 is 34.6 Å². The van der Waals surface area contributed by atoms with Gasteiger partial charge in [-0.3, -0.25) is 9.59 Å². The van der Waals surface area contributed by atoms with Gasteiger partial charge in [-0.05, 0) is 24.1 Å². The molecule has 1 aromatic carbocycles. The van der Waals surface area contributed by atoms with E-state index >= 15 is 0 Å². The molecule has 3 heterocycles. The third kappa shape index (κ3) is 6.08. The highest BCUT2D eigenvalue weighted by Crippen LogP contribution is 2.26. The fraction of sp³-hybridized carbons (Fsp3) is 0.478. The Kier molecular flexibility index (Phi) is 8.16. The van der Waals surface area contributed by atoms with Crippen molar-refractivity contribution in [3.05, 3.63) is 40.4 Å². The predicted molar refractivity (Wildman–Crippen MR) is 130 cm³/mol. The van der Waals surface area contributed by atoms with Crippen LogP contribution in [-0.4, -0.2) is 87.5 Å². The predicted octanol–water partition coefficient (Wildman–Crippen LogP) is 1.95. The van der Waals surface area contributed by atoms with Crippen molar-refractivity contribution in [2.24, 2.45) is 0 Å². The van der Waals surface area contributed by atoms with Crippen molar-refractivity contribution >= 4 is 40.1 Å². The summed E-state index contributed by atoms with van der Waals surface area (Å²) in [5, 5.41) is 8.07. The Labute approximate surface area is 207 Å². The molecular weight excluding hydrogens is 474 g/mol. The van der Waals surface area contributed by atoms with Crippen LogP contribution in [0.2, 0.25) is 0 Å². The van der Waals surface area contributed by atoms with E-state index in [4.69, 9.17) is 14.2 Å². The van der Waals surface area contributed by atoms with Crippen LogP contribution in [0.25, 0.3) is 0 Å². The number of nitrogens with one attached hydrogen (secondary N) is 2. The van der Waals surface area contributed by atoms with E-state index in [9.17, 15) is 14.4 Å². The smallest absolute Gasteiger partial charge is 0.410 e. The number of methoxy groups -OCH3 is 2. The number of anilines is 2. The van der Waals surface area contributed by atoms with E-state index in [1.807, 2.05) is 0 Å². The van der Waals surface area contributed by atoms with Crippen molar-refractivity contribution in [3.8, 4) is 0 Å². The summed E-state index contributed by atoms with van der Waals surface area (Å²) in [6, 6.07) is 5.11. The Balaban J connectivity index is 1.49. The number of nitrogens with zero attached hydrogens (tertiary/aromatic N) is 3. The maximum absolute atomic E-state index is 13.0. The molecular formula is C23H29N5O6S. The minimum Gasteiger partial charge on any atom is -0.448 e. The van der Waals surface area contributed by atoms with Crippen LogP contribution in [0.1, 0.15) is 32.8 Å². The fourth-order valence-corrected chi connectivity index (χ4v) is 4.78. The highest BCUT2D eigenvalue weighted by molar-refractivity contribution is 7.14. The molecule has 0 spiro atoms. The SMILES string of the molecule is COCCNC(=O)c1cc(CN2CCOC2=O)ccc1NC(=O)c1csc(N2CC[C@H](OC)C2)n1. The number of hydrogen-bond acceptors (Lipinski definition) is 9. The number of benzene rings is 1. The summed E-state index contributed by atoms with van der Waals surface area (Å²) in [5.41, 5.74) is 1.67. The number of hydrogen-bond donors (Lipinski definition) is 2. The molecule has 0 unspecified atom stereocenters. The molecule has 3 amide bonds. The Bertz CT molecular complexity index is 1080. The molecule has 2 fully saturated rings. The van der Waals surface area contributed by atoms with Crippen LogP contribution in [0, 0.1) is 0 Å². The molecule has 0 aliphatic carbocycles. The van der Waals surface area contributed by atoms with Gasteiger partial charge in [-0.2, -0.15) is 0 Å². The van der Waals surface area contributed by atoms with Crippen molar-refractivity contribution in [1.82, 2.24) is 15.2 Å². The molecule has 0 radical (unpaired) electrons. The molecule has 11 nitrogen and oxygen atoms in total. The van der Waals surface area contributed by atoms with Crippen LogP contribution in [0.4, 0.5) is 15.6 Å². The van der Waals surface area contributed by atoms with E-state index in [1.54, 1.807) is 42.7 Å². The molecule has 0 saturated carbocycles. The molecule has 4 rings (SSSR count). The molecule has 12 heteroatoms. The number of cyclic esters (lactones) is 1. The van der Waals surface area contributed by atoms with Gasteiger partial charge in [0.05, 0.1) is 30.5 Å². The van der Waals surface area contributed by atoms with E-state index < -0.39 is 5.91 Å². The topological polar surface area (TPSA) is 122 Å². The second-order valence-corrected chi connectivity index (χ2v) is 9.06. The van der Waals surface area contributed by atoms with Crippen molar-refractivity contribution in [2.45, 2.75) is 19.1 Å². The zero-order valence-corrected chi connectivity index (χ0v) is 20.6. The van der Waals surface area contributed by atoms with Gasteiger partial charge in [-0.25, -0.2) is 9.78 Å². The Morgan fingerprint density at radius 3 is 2.83 bits per heavy atom. The van der Waals surface area contributed by atoms with Crippen molar-refractivity contribution in [3.63, 3.8) is 0 Å². The van der Waals surface area contributed by atoms with Gasteiger partial charge in [0.1, 0.15) is 12.3 Å². The third-order valence-corrected chi connectivity index (χ3v) is 6.76.